The van der Waals surface area contributed by atoms with Crippen LogP contribution in [0.3, 0.4) is 0 Å². The monoisotopic (exact) mass is 243 g/mol. The quantitative estimate of drug-likeness (QED) is 0.792. The fraction of sp³-hybridized carbons (Fsp3) is 0.467. The molecule has 2 aromatic rings. The maximum absolute atomic E-state index is 8.90. The third kappa shape index (κ3) is 2.41. The maximum Gasteiger partial charge on any atom is 0.114 e. The number of benzene rings is 1. The van der Waals surface area contributed by atoms with Crippen molar-refractivity contribution in [2.24, 2.45) is 5.92 Å². The third-order valence-corrected chi connectivity index (χ3v) is 3.48. The van der Waals surface area contributed by atoms with Crippen molar-refractivity contribution >= 4 is 11.0 Å². The molecule has 0 amide bonds. The highest BCUT2D eigenvalue weighted by molar-refractivity contribution is 5.76. The average molecular weight is 243 g/mol. The van der Waals surface area contributed by atoms with Gasteiger partial charge in [-0.05, 0) is 43.7 Å². The number of aliphatic hydroxyl groups is 1. The number of aryl methyl sites for hydroxylation is 1. The van der Waals surface area contributed by atoms with Gasteiger partial charge in [-0.3, -0.25) is 0 Å². The van der Waals surface area contributed by atoms with E-state index in [1.807, 2.05) is 6.07 Å². The van der Waals surface area contributed by atoms with Crippen molar-refractivity contribution in [2.45, 2.75) is 32.2 Å². The summed E-state index contributed by atoms with van der Waals surface area (Å²) in [5.41, 5.74) is 2.29. The Morgan fingerprint density at radius 3 is 2.89 bits per heavy atom. The summed E-state index contributed by atoms with van der Waals surface area (Å²) in [4.78, 5) is 4.72. The summed E-state index contributed by atoms with van der Waals surface area (Å²) >= 11 is 0. The van der Waals surface area contributed by atoms with Crippen LogP contribution in [0.2, 0.25) is 0 Å². The molecule has 1 saturated carbocycles. The molecule has 0 saturated heterocycles. The molecule has 3 nitrogen and oxygen atoms in total. The van der Waals surface area contributed by atoms with Gasteiger partial charge in [0, 0.05) is 19.6 Å². The van der Waals surface area contributed by atoms with Gasteiger partial charge < -0.3 is 9.67 Å². The van der Waals surface area contributed by atoms with E-state index in [1.165, 1.54) is 18.4 Å². The summed E-state index contributed by atoms with van der Waals surface area (Å²) in [5, 5.41) is 8.90. The number of para-hydroxylation sites is 2. The summed E-state index contributed by atoms with van der Waals surface area (Å²) < 4.78 is 2.29. The Labute approximate surface area is 107 Å². The molecule has 95 valence electrons. The molecule has 1 radical (unpaired) electrons. The van der Waals surface area contributed by atoms with Crippen LogP contribution in [0.4, 0.5) is 0 Å². The van der Waals surface area contributed by atoms with E-state index in [2.05, 4.69) is 29.2 Å². The van der Waals surface area contributed by atoms with E-state index in [9.17, 15) is 0 Å². The number of nitrogens with zero attached hydrogens (tertiary/aromatic N) is 2. The minimum Gasteiger partial charge on any atom is -0.396 e. The van der Waals surface area contributed by atoms with Crippen LogP contribution in [0.25, 0.3) is 11.0 Å². The number of aromatic nitrogens is 2. The first kappa shape index (κ1) is 11.7. The number of rotatable bonds is 6. The normalized spacial score (nSPS) is 15.4. The van der Waals surface area contributed by atoms with Gasteiger partial charge in [-0.25, -0.2) is 4.98 Å². The van der Waals surface area contributed by atoms with Gasteiger partial charge in [0.05, 0.1) is 11.0 Å². The zero-order valence-electron chi connectivity index (χ0n) is 10.5. The van der Waals surface area contributed by atoms with Crippen LogP contribution in [-0.4, -0.2) is 21.3 Å². The topological polar surface area (TPSA) is 38.0 Å². The molecule has 0 unspecified atom stereocenters. The molecule has 1 aliphatic rings. The summed E-state index contributed by atoms with van der Waals surface area (Å²) in [6, 6.07) is 8.30. The van der Waals surface area contributed by atoms with Crippen LogP contribution in [0.5, 0.6) is 0 Å². The first-order chi connectivity index (χ1) is 8.88. The van der Waals surface area contributed by atoms with Gasteiger partial charge in [-0.15, -0.1) is 0 Å². The Bertz CT molecular complexity index is 528. The number of hydrogen-bond donors (Lipinski definition) is 1. The molecule has 1 aromatic carbocycles. The molecule has 0 atom stereocenters. The summed E-state index contributed by atoms with van der Waals surface area (Å²) in [6.45, 7) is 1.22. The first-order valence-corrected chi connectivity index (χ1v) is 6.79. The average Bonchev–Trinajstić information content (AvgIpc) is 3.13. The Kier molecular flexibility index (Phi) is 3.33. The van der Waals surface area contributed by atoms with Gasteiger partial charge in [-0.1, -0.05) is 12.1 Å². The second kappa shape index (κ2) is 5.11. The summed E-state index contributed by atoms with van der Waals surface area (Å²) in [7, 11) is 0. The predicted molar refractivity (Wildman–Crippen MR) is 72.2 cm³/mol. The fourth-order valence-corrected chi connectivity index (χ4v) is 2.31. The highest BCUT2D eigenvalue weighted by atomic mass is 16.2. The number of aliphatic hydroxyl groups excluding tert-OH is 1. The molecule has 0 aliphatic heterocycles. The van der Waals surface area contributed by atoms with Crippen molar-refractivity contribution in [3.8, 4) is 0 Å². The van der Waals surface area contributed by atoms with Crippen molar-refractivity contribution in [1.82, 2.24) is 9.55 Å². The van der Waals surface area contributed by atoms with Gasteiger partial charge in [0.1, 0.15) is 5.82 Å². The van der Waals surface area contributed by atoms with Crippen molar-refractivity contribution < 1.29 is 5.11 Å². The lowest BCUT2D eigenvalue weighted by Crippen LogP contribution is -2.04. The maximum atomic E-state index is 8.90. The molecule has 1 aromatic heterocycles. The molecule has 18 heavy (non-hydrogen) atoms. The SMILES string of the molecule is OCCCCn1c([CH]C2CC2)nc2ccccc21. The number of unbranched alkanes of at least 4 members (excludes halogenated alkanes) is 1. The minimum atomic E-state index is 0.272. The fourth-order valence-electron chi connectivity index (χ4n) is 2.31. The van der Waals surface area contributed by atoms with Crippen LogP contribution in [0, 0.1) is 12.3 Å². The number of hydrogen-bond acceptors (Lipinski definition) is 2. The smallest absolute Gasteiger partial charge is 0.114 e. The number of fused-ring (bicyclic) bond motifs is 1. The van der Waals surface area contributed by atoms with Gasteiger partial charge in [-0.2, -0.15) is 0 Å². The highest BCUT2D eigenvalue weighted by Gasteiger charge is 2.24. The first-order valence-electron chi connectivity index (χ1n) is 6.79. The highest BCUT2D eigenvalue weighted by Crippen LogP contribution is 2.34. The molecular formula is C15H19N2O. The molecular weight excluding hydrogens is 224 g/mol. The zero-order valence-corrected chi connectivity index (χ0v) is 10.5. The molecule has 3 heteroatoms. The molecule has 1 N–H and O–H groups in total. The predicted octanol–water partition coefficient (Wildman–Crippen LogP) is 2.77. The van der Waals surface area contributed by atoms with Crippen LogP contribution in [0.15, 0.2) is 24.3 Å². The molecule has 0 spiro atoms. The Morgan fingerprint density at radius 1 is 1.28 bits per heavy atom. The molecule has 3 rings (SSSR count). The van der Waals surface area contributed by atoms with Crippen LogP contribution < -0.4 is 0 Å². The largest absolute Gasteiger partial charge is 0.396 e. The lowest BCUT2D eigenvalue weighted by atomic mass is 10.2. The van der Waals surface area contributed by atoms with Crippen LogP contribution >= 0.6 is 0 Å². The van der Waals surface area contributed by atoms with Crippen molar-refractivity contribution in [2.75, 3.05) is 6.61 Å². The van der Waals surface area contributed by atoms with Gasteiger partial charge in [0.2, 0.25) is 0 Å². The van der Waals surface area contributed by atoms with E-state index >= 15 is 0 Å². The molecule has 1 heterocycles. The van der Waals surface area contributed by atoms with Gasteiger partial charge >= 0.3 is 0 Å². The third-order valence-electron chi connectivity index (χ3n) is 3.48. The second-order valence-corrected chi connectivity index (χ2v) is 5.05. The standard InChI is InChI=1S/C15H19N2O/c18-10-4-3-9-17-14-6-2-1-5-13(14)16-15(17)11-12-7-8-12/h1-2,5-6,11-12,18H,3-4,7-10H2. The summed E-state index contributed by atoms with van der Waals surface area (Å²) in [5.74, 6) is 1.84. The lowest BCUT2D eigenvalue weighted by Gasteiger charge is -2.08. The van der Waals surface area contributed by atoms with Crippen molar-refractivity contribution in [3.63, 3.8) is 0 Å². The Morgan fingerprint density at radius 2 is 2.11 bits per heavy atom. The lowest BCUT2D eigenvalue weighted by molar-refractivity contribution is 0.281. The summed E-state index contributed by atoms with van der Waals surface area (Å²) in [6.07, 6.45) is 6.77. The van der Waals surface area contributed by atoms with E-state index in [0.717, 1.165) is 36.6 Å². The van der Waals surface area contributed by atoms with E-state index < -0.39 is 0 Å². The minimum absolute atomic E-state index is 0.272. The van der Waals surface area contributed by atoms with E-state index in [-0.39, 0.29) is 6.61 Å². The van der Waals surface area contributed by atoms with E-state index in [4.69, 9.17) is 10.1 Å². The molecule has 1 fully saturated rings. The second-order valence-electron chi connectivity index (χ2n) is 5.05. The van der Waals surface area contributed by atoms with Crippen molar-refractivity contribution in [1.29, 1.82) is 0 Å². The number of imidazole rings is 1. The van der Waals surface area contributed by atoms with Gasteiger partial charge in [0.15, 0.2) is 0 Å². The van der Waals surface area contributed by atoms with Gasteiger partial charge in [0.25, 0.3) is 0 Å². The van der Waals surface area contributed by atoms with Crippen LogP contribution in [-0.2, 0) is 6.54 Å². The zero-order chi connectivity index (χ0) is 12.4. The molecule has 0 bridgehead atoms. The van der Waals surface area contributed by atoms with E-state index in [1.54, 1.807) is 0 Å². The van der Waals surface area contributed by atoms with Crippen molar-refractivity contribution in [3.05, 3.63) is 36.5 Å². The van der Waals surface area contributed by atoms with Crippen LogP contribution in [0.1, 0.15) is 31.5 Å². The van der Waals surface area contributed by atoms with E-state index in [0.29, 0.717) is 0 Å². The Hall–Kier alpha value is -1.35. The molecule has 1 aliphatic carbocycles. The Balaban J connectivity index is 1.89.